The Hall–Kier alpha value is -2.63. The van der Waals surface area contributed by atoms with Crippen LogP contribution >= 0.6 is 0 Å². The van der Waals surface area contributed by atoms with Crippen molar-refractivity contribution in [2.24, 2.45) is 0 Å². The van der Waals surface area contributed by atoms with E-state index >= 15 is 0 Å². The maximum atomic E-state index is 12.8. The molecule has 0 aromatic heterocycles. The van der Waals surface area contributed by atoms with Crippen molar-refractivity contribution in [1.29, 1.82) is 0 Å². The minimum atomic E-state index is -1.55. The largest absolute Gasteiger partial charge is 0.457 e. The molecule has 9 nitrogen and oxygen atoms in total. The fourth-order valence-electron chi connectivity index (χ4n) is 8.02. The van der Waals surface area contributed by atoms with Crippen LogP contribution in [0.1, 0.15) is 219 Å². The van der Waals surface area contributed by atoms with E-state index in [0.29, 0.717) is 13.0 Å². The van der Waals surface area contributed by atoms with Gasteiger partial charge in [-0.05, 0) is 89.9 Å². The molecule has 0 amide bonds. The van der Waals surface area contributed by atoms with Crippen LogP contribution in [0.5, 0.6) is 0 Å². The molecule has 0 aromatic carbocycles. The summed E-state index contributed by atoms with van der Waals surface area (Å²) >= 11 is 0. The quantitative estimate of drug-likeness (QED) is 0.0267. The summed E-state index contributed by atoms with van der Waals surface area (Å²) in [4.78, 5) is 12.8. The molecule has 1 aliphatic heterocycles. The molecule has 1 aliphatic rings. The van der Waals surface area contributed by atoms with E-state index in [9.17, 15) is 25.2 Å². The maximum Gasteiger partial charge on any atom is 0.306 e. The molecule has 9 heteroatoms. The third-order valence-corrected chi connectivity index (χ3v) is 12.3. The van der Waals surface area contributed by atoms with E-state index in [1.165, 1.54) is 122 Å². The lowest BCUT2D eigenvalue weighted by atomic mass is 9.99. The van der Waals surface area contributed by atoms with E-state index in [2.05, 4.69) is 98.9 Å². The lowest BCUT2D eigenvalue weighted by Gasteiger charge is -2.39. The van der Waals surface area contributed by atoms with Gasteiger partial charge in [0.1, 0.15) is 30.5 Å². The van der Waals surface area contributed by atoms with Crippen molar-refractivity contribution in [3.63, 3.8) is 0 Å². The van der Waals surface area contributed by atoms with Crippen molar-refractivity contribution in [3.05, 3.63) is 85.1 Å². The third-order valence-electron chi connectivity index (χ3n) is 12.3. The first kappa shape index (κ1) is 63.4. The summed E-state index contributed by atoms with van der Waals surface area (Å²) in [5.41, 5.74) is 0. The van der Waals surface area contributed by atoms with Gasteiger partial charge in [0, 0.05) is 13.0 Å². The standard InChI is InChI=1S/C59H102O9/c1-3-5-7-9-11-13-15-17-19-21-23-24-25-26-27-28-29-31-33-35-37-39-41-43-45-47-49-65-51-53(52-66-59-58(64)57(63)56(62)54(50-60)68-59)67-55(61)48-46-44-42-40-38-36-34-32-30-22-20-18-16-14-12-10-8-6-4-2/h6,8,12,14-15,17-18,20-21,23,30,32,36,38,53-54,56-60,62-64H,3-5,7,9-11,13,16,19,22,24-29,31,33-35,37,39-52H2,1-2H3/b8-6-,14-12-,17-15-,20-18-,23-21-,32-30-,38-36-. The molecule has 0 saturated carbocycles. The summed E-state index contributed by atoms with van der Waals surface area (Å²) in [6.45, 7) is 4.40. The predicted molar refractivity (Wildman–Crippen MR) is 283 cm³/mol. The normalized spacial score (nSPS) is 19.8. The minimum absolute atomic E-state index is 0.127. The Kier molecular flexibility index (Phi) is 46.0. The van der Waals surface area contributed by atoms with Crippen LogP contribution in [0.2, 0.25) is 0 Å². The zero-order chi connectivity index (χ0) is 49.2. The molecular formula is C59H102O9. The van der Waals surface area contributed by atoms with E-state index in [4.69, 9.17) is 18.9 Å². The smallest absolute Gasteiger partial charge is 0.306 e. The number of carbonyl (C=O) groups is 1. The minimum Gasteiger partial charge on any atom is -0.457 e. The highest BCUT2D eigenvalue weighted by molar-refractivity contribution is 5.69. The number of allylic oxidation sites excluding steroid dienone is 14. The molecule has 68 heavy (non-hydrogen) atoms. The second-order valence-corrected chi connectivity index (χ2v) is 18.6. The van der Waals surface area contributed by atoms with E-state index in [1.807, 2.05) is 0 Å². The number of rotatable bonds is 47. The van der Waals surface area contributed by atoms with Gasteiger partial charge in [-0.2, -0.15) is 0 Å². The van der Waals surface area contributed by atoms with E-state index < -0.39 is 43.4 Å². The average molecular weight is 955 g/mol. The summed E-state index contributed by atoms with van der Waals surface area (Å²) < 4.78 is 22.9. The van der Waals surface area contributed by atoms with Gasteiger partial charge in [-0.15, -0.1) is 0 Å². The summed E-state index contributed by atoms with van der Waals surface area (Å²) in [5, 5.41) is 40.3. The number of hydrogen-bond donors (Lipinski definition) is 4. The fourth-order valence-corrected chi connectivity index (χ4v) is 8.02. The first-order valence-electron chi connectivity index (χ1n) is 27.7. The van der Waals surface area contributed by atoms with Gasteiger partial charge in [-0.1, -0.05) is 208 Å². The zero-order valence-corrected chi connectivity index (χ0v) is 43.3. The first-order chi connectivity index (χ1) is 33.4. The molecule has 0 radical (unpaired) electrons. The number of aliphatic hydroxyl groups excluding tert-OH is 4. The molecule has 0 aliphatic carbocycles. The van der Waals surface area contributed by atoms with Crippen LogP contribution in [0, 0.1) is 0 Å². The maximum absolute atomic E-state index is 12.8. The summed E-state index contributed by atoms with van der Waals surface area (Å²) in [6, 6.07) is 0. The van der Waals surface area contributed by atoms with Crippen molar-refractivity contribution in [2.75, 3.05) is 26.4 Å². The number of esters is 1. The molecular weight excluding hydrogens is 853 g/mol. The SMILES string of the molecule is CC/C=C\C/C=C\C/C=C\C/C=C\C/C=C\CCCCCC(=O)OC(COCCCCCCCCCCCCCCCC/C=C\C/C=C\CCCCCCC)COC1OC(CO)C(O)C(O)C1O. The number of unbranched alkanes of at least 4 members (excludes halogenated alkanes) is 22. The Morgan fingerprint density at radius 2 is 0.897 bits per heavy atom. The molecule has 4 N–H and O–H groups in total. The second kappa shape index (κ2) is 49.4. The topological polar surface area (TPSA) is 135 Å². The van der Waals surface area contributed by atoms with Crippen molar-refractivity contribution in [3.8, 4) is 0 Å². The van der Waals surface area contributed by atoms with Crippen molar-refractivity contribution >= 4 is 5.97 Å². The molecule has 392 valence electrons. The summed E-state index contributed by atoms with van der Waals surface area (Å²) in [5.74, 6) is -0.345. The van der Waals surface area contributed by atoms with Gasteiger partial charge in [0.15, 0.2) is 6.29 Å². The molecule has 0 bridgehead atoms. The molecule has 0 spiro atoms. The Balaban J connectivity index is 2.19. The molecule has 1 saturated heterocycles. The monoisotopic (exact) mass is 955 g/mol. The first-order valence-corrected chi connectivity index (χ1v) is 27.7. The number of ether oxygens (including phenoxy) is 4. The summed E-state index contributed by atoms with van der Waals surface area (Å²) in [6.07, 6.45) is 60.6. The number of hydrogen-bond acceptors (Lipinski definition) is 9. The van der Waals surface area contributed by atoms with Gasteiger partial charge in [0.2, 0.25) is 0 Å². The average Bonchev–Trinajstić information content (AvgIpc) is 3.34. The van der Waals surface area contributed by atoms with Crippen molar-refractivity contribution < 1.29 is 44.2 Å². The lowest BCUT2D eigenvalue weighted by molar-refractivity contribution is -0.305. The van der Waals surface area contributed by atoms with Gasteiger partial charge < -0.3 is 39.4 Å². The number of aliphatic hydroxyl groups is 4. The summed E-state index contributed by atoms with van der Waals surface area (Å²) in [7, 11) is 0. The molecule has 6 unspecified atom stereocenters. The fraction of sp³-hybridized carbons (Fsp3) is 0.746. The van der Waals surface area contributed by atoms with Crippen LogP contribution < -0.4 is 0 Å². The van der Waals surface area contributed by atoms with Crippen LogP contribution in [0.15, 0.2) is 85.1 Å². The Bertz CT molecular complexity index is 1320. The molecule has 6 atom stereocenters. The second-order valence-electron chi connectivity index (χ2n) is 18.6. The van der Waals surface area contributed by atoms with Crippen LogP contribution in [0.4, 0.5) is 0 Å². The third kappa shape index (κ3) is 39.1. The van der Waals surface area contributed by atoms with Crippen molar-refractivity contribution in [2.45, 2.75) is 256 Å². The van der Waals surface area contributed by atoms with Crippen LogP contribution in [-0.2, 0) is 23.7 Å². The van der Waals surface area contributed by atoms with E-state index in [0.717, 1.165) is 70.6 Å². The van der Waals surface area contributed by atoms with Gasteiger partial charge in [0.05, 0.1) is 19.8 Å². The lowest BCUT2D eigenvalue weighted by Crippen LogP contribution is -2.59. The number of carbonyl (C=O) groups excluding carboxylic acids is 1. The Morgan fingerprint density at radius 1 is 0.485 bits per heavy atom. The van der Waals surface area contributed by atoms with Crippen LogP contribution in [0.25, 0.3) is 0 Å². The van der Waals surface area contributed by atoms with Gasteiger partial charge in [0.25, 0.3) is 0 Å². The Labute approximate surface area is 416 Å². The predicted octanol–water partition coefficient (Wildman–Crippen LogP) is 14.1. The molecule has 1 rings (SSSR count). The molecule has 1 fully saturated rings. The highest BCUT2D eigenvalue weighted by Gasteiger charge is 2.44. The molecule has 1 heterocycles. The van der Waals surface area contributed by atoms with E-state index in [-0.39, 0.29) is 25.6 Å². The van der Waals surface area contributed by atoms with Crippen molar-refractivity contribution in [1.82, 2.24) is 0 Å². The highest BCUT2D eigenvalue weighted by Crippen LogP contribution is 2.23. The van der Waals surface area contributed by atoms with Gasteiger partial charge in [-0.25, -0.2) is 0 Å². The van der Waals surface area contributed by atoms with E-state index in [1.54, 1.807) is 0 Å². The Morgan fingerprint density at radius 3 is 1.35 bits per heavy atom. The zero-order valence-electron chi connectivity index (χ0n) is 43.3. The van der Waals surface area contributed by atoms with Gasteiger partial charge >= 0.3 is 5.97 Å². The van der Waals surface area contributed by atoms with Crippen LogP contribution in [0.3, 0.4) is 0 Å². The molecule has 0 aromatic rings. The highest BCUT2D eigenvalue weighted by atomic mass is 16.7. The van der Waals surface area contributed by atoms with Gasteiger partial charge in [-0.3, -0.25) is 4.79 Å². The van der Waals surface area contributed by atoms with Crippen LogP contribution in [-0.4, -0.2) is 89.6 Å².